The van der Waals surface area contributed by atoms with E-state index in [1.165, 1.54) is 17.0 Å². The van der Waals surface area contributed by atoms with Gasteiger partial charge in [0.25, 0.3) is 0 Å². The molecular weight excluding hydrogens is 271 g/mol. The van der Waals surface area contributed by atoms with Crippen molar-refractivity contribution in [2.45, 2.75) is 39.2 Å². The molecule has 0 aliphatic carbocycles. The zero-order chi connectivity index (χ0) is 15.4. The van der Waals surface area contributed by atoms with Crippen LogP contribution in [0.3, 0.4) is 0 Å². The molecule has 0 spiro atoms. The van der Waals surface area contributed by atoms with Crippen molar-refractivity contribution in [3.05, 3.63) is 35.1 Å². The van der Waals surface area contributed by atoms with Crippen molar-refractivity contribution in [2.75, 3.05) is 13.1 Å². The summed E-state index contributed by atoms with van der Waals surface area (Å²) in [6.45, 7) is 4.90. The second-order valence-electron chi connectivity index (χ2n) is 5.42. The largest absolute Gasteiger partial charge is 0.305 e. The highest BCUT2D eigenvalue weighted by molar-refractivity contribution is 6.05. The fraction of sp³-hybridized carbons (Fsp3) is 0.500. The first-order valence-electron chi connectivity index (χ1n) is 7.35. The van der Waals surface area contributed by atoms with E-state index in [9.17, 15) is 14.0 Å². The number of nitrogens with zero attached hydrogens (tertiary/aromatic N) is 1. The van der Waals surface area contributed by atoms with Gasteiger partial charge in [0.2, 0.25) is 11.8 Å². The summed E-state index contributed by atoms with van der Waals surface area (Å²) >= 11 is 0. The monoisotopic (exact) mass is 292 g/mol. The lowest BCUT2D eigenvalue weighted by Crippen LogP contribution is -2.39. The standard InChI is InChI=1S/C16H21FN2O2/c1-3-8-19-15(20)10-14(16(19)21)18-7-6-12-4-5-13(17)9-11(12)2/h4-5,9,14,18H,3,6-8,10H2,1-2H3. The summed E-state index contributed by atoms with van der Waals surface area (Å²) in [6.07, 6.45) is 1.72. The number of benzene rings is 1. The Bertz CT molecular complexity index is 545. The maximum Gasteiger partial charge on any atom is 0.246 e. The molecule has 1 heterocycles. The number of hydrogen-bond acceptors (Lipinski definition) is 3. The molecule has 1 fully saturated rings. The molecule has 1 unspecified atom stereocenters. The Balaban J connectivity index is 1.86. The van der Waals surface area contributed by atoms with Gasteiger partial charge in [-0.3, -0.25) is 14.5 Å². The van der Waals surface area contributed by atoms with E-state index in [0.717, 1.165) is 17.5 Å². The maximum absolute atomic E-state index is 13.0. The third-order valence-corrected chi connectivity index (χ3v) is 3.78. The molecule has 1 aliphatic heterocycles. The highest BCUT2D eigenvalue weighted by Gasteiger charge is 2.37. The summed E-state index contributed by atoms with van der Waals surface area (Å²) in [6, 6.07) is 4.29. The van der Waals surface area contributed by atoms with E-state index in [0.29, 0.717) is 19.5 Å². The summed E-state index contributed by atoms with van der Waals surface area (Å²) in [4.78, 5) is 25.1. The minimum absolute atomic E-state index is 0.0997. The molecule has 114 valence electrons. The van der Waals surface area contributed by atoms with Crippen molar-refractivity contribution < 1.29 is 14.0 Å². The number of carbonyl (C=O) groups is 2. The van der Waals surface area contributed by atoms with Crippen molar-refractivity contribution in [3.63, 3.8) is 0 Å². The van der Waals surface area contributed by atoms with Gasteiger partial charge in [-0.05, 0) is 49.6 Å². The Labute approximate surface area is 124 Å². The lowest BCUT2D eigenvalue weighted by molar-refractivity contribution is -0.138. The van der Waals surface area contributed by atoms with Crippen LogP contribution in [-0.4, -0.2) is 35.8 Å². The van der Waals surface area contributed by atoms with Crippen LogP contribution in [0.15, 0.2) is 18.2 Å². The quantitative estimate of drug-likeness (QED) is 0.813. The van der Waals surface area contributed by atoms with Crippen LogP contribution >= 0.6 is 0 Å². The normalized spacial score (nSPS) is 18.6. The van der Waals surface area contributed by atoms with E-state index in [1.807, 2.05) is 13.8 Å². The molecule has 1 saturated heterocycles. The Morgan fingerprint density at radius 1 is 1.38 bits per heavy atom. The molecule has 4 nitrogen and oxygen atoms in total. The molecular formula is C16H21FN2O2. The van der Waals surface area contributed by atoms with Gasteiger partial charge in [0.1, 0.15) is 5.82 Å². The SMILES string of the molecule is CCCN1C(=O)CC(NCCc2ccc(F)cc2C)C1=O. The van der Waals surface area contributed by atoms with Crippen LogP contribution in [0.25, 0.3) is 0 Å². The van der Waals surface area contributed by atoms with Gasteiger partial charge >= 0.3 is 0 Å². The average Bonchev–Trinajstić information content (AvgIpc) is 2.69. The summed E-state index contributed by atoms with van der Waals surface area (Å²) < 4.78 is 13.0. The summed E-state index contributed by atoms with van der Waals surface area (Å²) in [5.74, 6) is -0.467. The lowest BCUT2D eigenvalue weighted by atomic mass is 10.1. The molecule has 0 bridgehead atoms. The van der Waals surface area contributed by atoms with Crippen LogP contribution in [0.2, 0.25) is 0 Å². The van der Waals surface area contributed by atoms with Gasteiger partial charge in [-0.1, -0.05) is 13.0 Å². The predicted molar refractivity (Wildman–Crippen MR) is 78.3 cm³/mol. The summed E-state index contributed by atoms with van der Waals surface area (Å²) in [5.41, 5.74) is 1.95. The molecule has 1 aromatic rings. The van der Waals surface area contributed by atoms with Gasteiger partial charge in [-0.2, -0.15) is 0 Å². The van der Waals surface area contributed by atoms with Crippen LogP contribution in [0.4, 0.5) is 4.39 Å². The van der Waals surface area contributed by atoms with Crippen LogP contribution in [0.5, 0.6) is 0 Å². The number of likely N-dealkylation sites (tertiary alicyclic amines) is 1. The number of aryl methyl sites for hydroxylation is 1. The van der Waals surface area contributed by atoms with Crippen LogP contribution in [0.1, 0.15) is 30.9 Å². The Morgan fingerprint density at radius 2 is 2.14 bits per heavy atom. The molecule has 21 heavy (non-hydrogen) atoms. The minimum Gasteiger partial charge on any atom is -0.305 e. The Morgan fingerprint density at radius 3 is 2.81 bits per heavy atom. The van der Waals surface area contributed by atoms with Gasteiger partial charge in [-0.25, -0.2) is 4.39 Å². The van der Waals surface area contributed by atoms with Gasteiger partial charge in [0.05, 0.1) is 12.5 Å². The highest BCUT2D eigenvalue weighted by Crippen LogP contribution is 2.14. The maximum atomic E-state index is 13.0. The number of imide groups is 1. The summed E-state index contributed by atoms with van der Waals surface area (Å²) in [7, 11) is 0. The molecule has 2 amide bonds. The Hall–Kier alpha value is -1.75. The second-order valence-corrected chi connectivity index (χ2v) is 5.42. The van der Waals surface area contributed by atoms with Crippen molar-refractivity contribution in [2.24, 2.45) is 0 Å². The number of halogens is 1. The van der Waals surface area contributed by atoms with Crippen molar-refractivity contribution in [1.29, 1.82) is 0 Å². The van der Waals surface area contributed by atoms with E-state index in [1.54, 1.807) is 6.07 Å². The van der Waals surface area contributed by atoms with Crippen molar-refractivity contribution in [3.8, 4) is 0 Å². The van der Waals surface area contributed by atoms with Crippen LogP contribution in [0, 0.1) is 12.7 Å². The highest BCUT2D eigenvalue weighted by atomic mass is 19.1. The smallest absolute Gasteiger partial charge is 0.246 e. The van der Waals surface area contributed by atoms with Gasteiger partial charge in [-0.15, -0.1) is 0 Å². The zero-order valence-electron chi connectivity index (χ0n) is 12.5. The fourth-order valence-corrected chi connectivity index (χ4v) is 2.62. The molecule has 2 rings (SSSR count). The zero-order valence-corrected chi connectivity index (χ0v) is 12.5. The van der Waals surface area contributed by atoms with E-state index >= 15 is 0 Å². The molecule has 0 radical (unpaired) electrons. The molecule has 5 heteroatoms. The topological polar surface area (TPSA) is 49.4 Å². The minimum atomic E-state index is -0.412. The van der Waals surface area contributed by atoms with Gasteiger partial charge in [0.15, 0.2) is 0 Å². The number of rotatable bonds is 6. The first kappa shape index (κ1) is 15.6. The molecule has 1 aliphatic rings. The first-order chi connectivity index (χ1) is 10.0. The summed E-state index contributed by atoms with van der Waals surface area (Å²) in [5, 5.41) is 3.13. The van der Waals surface area contributed by atoms with E-state index in [-0.39, 0.29) is 24.1 Å². The number of hydrogen-bond donors (Lipinski definition) is 1. The molecule has 0 aromatic heterocycles. The van der Waals surface area contributed by atoms with E-state index in [4.69, 9.17) is 0 Å². The molecule has 1 aromatic carbocycles. The molecule has 1 N–H and O–H groups in total. The molecule has 1 atom stereocenters. The van der Waals surface area contributed by atoms with Crippen molar-refractivity contribution >= 4 is 11.8 Å². The lowest BCUT2D eigenvalue weighted by Gasteiger charge is -2.14. The average molecular weight is 292 g/mol. The van der Waals surface area contributed by atoms with Crippen LogP contribution < -0.4 is 5.32 Å². The fourth-order valence-electron chi connectivity index (χ4n) is 2.62. The number of nitrogens with one attached hydrogen (secondary N) is 1. The van der Waals surface area contributed by atoms with Gasteiger partial charge < -0.3 is 5.32 Å². The Kier molecular flexibility index (Phi) is 5.07. The van der Waals surface area contributed by atoms with Crippen LogP contribution in [-0.2, 0) is 16.0 Å². The third kappa shape index (κ3) is 3.67. The van der Waals surface area contributed by atoms with Gasteiger partial charge in [0, 0.05) is 6.54 Å². The number of amides is 2. The molecule has 0 saturated carbocycles. The second kappa shape index (κ2) is 6.80. The first-order valence-corrected chi connectivity index (χ1v) is 7.35. The van der Waals surface area contributed by atoms with E-state index < -0.39 is 6.04 Å². The predicted octanol–water partition coefficient (Wildman–Crippen LogP) is 1.80. The van der Waals surface area contributed by atoms with E-state index in [2.05, 4.69) is 5.32 Å². The number of carbonyl (C=O) groups excluding carboxylic acids is 2. The van der Waals surface area contributed by atoms with Crippen molar-refractivity contribution in [1.82, 2.24) is 10.2 Å². The third-order valence-electron chi connectivity index (χ3n) is 3.78.